The highest BCUT2D eigenvalue weighted by molar-refractivity contribution is 9.10. The maximum absolute atomic E-state index is 12.0. The van der Waals surface area contributed by atoms with Gasteiger partial charge in [-0.25, -0.2) is 4.79 Å². The van der Waals surface area contributed by atoms with Gasteiger partial charge < -0.3 is 9.67 Å². The number of carbonyl (C=O) groups is 1. The van der Waals surface area contributed by atoms with Gasteiger partial charge in [0.15, 0.2) is 5.43 Å². The second-order valence-electron chi connectivity index (χ2n) is 4.98. The van der Waals surface area contributed by atoms with E-state index < -0.39 is 11.4 Å². The molecule has 0 amide bonds. The van der Waals surface area contributed by atoms with Gasteiger partial charge in [0, 0.05) is 28.3 Å². The van der Waals surface area contributed by atoms with Gasteiger partial charge >= 0.3 is 5.97 Å². The van der Waals surface area contributed by atoms with E-state index in [9.17, 15) is 9.59 Å². The third kappa shape index (κ3) is 1.89. The number of carboxylic acid groups (broad SMARTS) is 1. The SMILES string of the molecule is C[C@H]1Cc2cccc(Br)c2-c2cc(=O)c(C(=O)O)cn21. The Kier molecular flexibility index (Phi) is 3.01. The fourth-order valence-corrected chi connectivity index (χ4v) is 3.33. The molecule has 5 heteroatoms. The molecule has 1 atom stereocenters. The van der Waals surface area contributed by atoms with E-state index in [1.54, 1.807) is 0 Å². The molecule has 0 fully saturated rings. The quantitative estimate of drug-likeness (QED) is 0.872. The summed E-state index contributed by atoms with van der Waals surface area (Å²) in [6.07, 6.45) is 2.26. The first kappa shape index (κ1) is 13.1. The topological polar surface area (TPSA) is 59.3 Å². The Morgan fingerprint density at radius 1 is 1.45 bits per heavy atom. The molecular weight excluding hydrogens is 322 g/mol. The van der Waals surface area contributed by atoms with Gasteiger partial charge in [0.25, 0.3) is 0 Å². The molecule has 0 aliphatic carbocycles. The summed E-state index contributed by atoms with van der Waals surface area (Å²) in [7, 11) is 0. The Labute approximate surface area is 123 Å². The van der Waals surface area contributed by atoms with Gasteiger partial charge in [-0.3, -0.25) is 4.79 Å². The fourth-order valence-electron chi connectivity index (χ4n) is 2.72. The molecule has 2 heterocycles. The number of carboxylic acids is 1. The van der Waals surface area contributed by atoms with Crippen LogP contribution in [0, 0.1) is 0 Å². The smallest absolute Gasteiger partial charge is 0.341 e. The third-order valence-corrected chi connectivity index (χ3v) is 4.32. The molecule has 3 rings (SSSR count). The second kappa shape index (κ2) is 4.59. The van der Waals surface area contributed by atoms with Crippen molar-refractivity contribution in [3.8, 4) is 11.3 Å². The number of halogens is 1. The molecule has 0 radical (unpaired) electrons. The van der Waals surface area contributed by atoms with Gasteiger partial charge in [0.2, 0.25) is 0 Å². The molecule has 1 aliphatic heterocycles. The number of benzene rings is 1. The van der Waals surface area contributed by atoms with Gasteiger partial charge in [-0.05, 0) is 25.0 Å². The third-order valence-electron chi connectivity index (χ3n) is 3.66. The lowest BCUT2D eigenvalue weighted by Crippen LogP contribution is -2.24. The molecule has 1 aliphatic rings. The lowest BCUT2D eigenvalue weighted by molar-refractivity contribution is 0.0694. The number of aromatic carboxylic acids is 1. The summed E-state index contributed by atoms with van der Waals surface area (Å²) in [5.74, 6) is -1.18. The minimum Gasteiger partial charge on any atom is -0.477 e. The predicted molar refractivity (Wildman–Crippen MR) is 79.2 cm³/mol. The number of rotatable bonds is 1. The van der Waals surface area contributed by atoms with E-state index >= 15 is 0 Å². The van der Waals surface area contributed by atoms with Crippen molar-refractivity contribution in [3.05, 3.63) is 56.3 Å². The summed E-state index contributed by atoms with van der Waals surface area (Å²) in [5.41, 5.74) is 2.26. The van der Waals surface area contributed by atoms with E-state index in [-0.39, 0.29) is 11.6 Å². The average Bonchev–Trinajstić information content (AvgIpc) is 2.37. The van der Waals surface area contributed by atoms with Crippen LogP contribution in [-0.2, 0) is 6.42 Å². The van der Waals surface area contributed by atoms with Crippen molar-refractivity contribution in [1.82, 2.24) is 4.57 Å². The molecule has 1 aromatic heterocycles. The molecule has 1 aromatic carbocycles. The predicted octanol–water partition coefficient (Wildman–Crippen LogP) is 3.09. The fraction of sp³-hybridized carbons (Fsp3) is 0.200. The van der Waals surface area contributed by atoms with E-state index in [1.165, 1.54) is 12.3 Å². The summed E-state index contributed by atoms with van der Waals surface area (Å²) < 4.78 is 2.79. The maximum Gasteiger partial charge on any atom is 0.341 e. The second-order valence-corrected chi connectivity index (χ2v) is 5.83. The van der Waals surface area contributed by atoms with Crippen LogP contribution in [-0.4, -0.2) is 15.6 Å². The minimum atomic E-state index is -1.18. The van der Waals surface area contributed by atoms with Crippen LogP contribution in [0.15, 0.2) is 39.7 Å². The number of hydrogen-bond acceptors (Lipinski definition) is 2. The van der Waals surface area contributed by atoms with Crippen LogP contribution in [0.25, 0.3) is 11.3 Å². The molecule has 0 unspecified atom stereocenters. The highest BCUT2D eigenvalue weighted by Crippen LogP contribution is 2.38. The summed E-state index contributed by atoms with van der Waals surface area (Å²) in [6.45, 7) is 2.02. The van der Waals surface area contributed by atoms with Crippen LogP contribution in [0.2, 0.25) is 0 Å². The number of fused-ring (bicyclic) bond motifs is 3. The van der Waals surface area contributed by atoms with E-state index in [4.69, 9.17) is 5.11 Å². The highest BCUT2D eigenvalue weighted by Gasteiger charge is 2.24. The standard InChI is InChI=1S/C15H12BrNO3/c1-8-5-9-3-2-4-11(16)14(9)12-6-13(18)10(15(19)20)7-17(8)12/h2-4,6-8H,5H2,1H3,(H,19,20)/t8-/m0/s1. The first-order valence-electron chi connectivity index (χ1n) is 6.26. The monoisotopic (exact) mass is 333 g/mol. The molecule has 20 heavy (non-hydrogen) atoms. The van der Waals surface area contributed by atoms with Gasteiger partial charge in [0.05, 0.1) is 5.69 Å². The minimum absolute atomic E-state index is 0.116. The van der Waals surface area contributed by atoms with Crippen LogP contribution in [0.5, 0.6) is 0 Å². The number of nitrogens with zero attached hydrogens (tertiary/aromatic N) is 1. The maximum atomic E-state index is 12.0. The molecule has 1 N–H and O–H groups in total. The average molecular weight is 334 g/mol. The zero-order valence-corrected chi connectivity index (χ0v) is 12.3. The Balaban J connectivity index is 2.35. The highest BCUT2D eigenvalue weighted by atomic mass is 79.9. The Morgan fingerprint density at radius 2 is 2.20 bits per heavy atom. The lowest BCUT2D eigenvalue weighted by Gasteiger charge is -2.29. The molecule has 0 saturated heterocycles. The van der Waals surface area contributed by atoms with Crippen LogP contribution < -0.4 is 5.43 Å². The van der Waals surface area contributed by atoms with Crippen molar-refractivity contribution in [2.75, 3.05) is 0 Å². The van der Waals surface area contributed by atoms with Crippen molar-refractivity contribution in [3.63, 3.8) is 0 Å². The summed E-state index contributed by atoms with van der Waals surface area (Å²) >= 11 is 3.51. The van der Waals surface area contributed by atoms with Crippen molar-refractivity contribution < 1.29 is 9.90 Å². The molecule has 102 valence electrons. The summed E-state index contributed by atoms with van der Waals surface area (Å²) in [5, 5.41) is 9.08. The Morgan fingerprint density at radius 3 is 2.90 bits per heavy atom. The van der Waals surface area contributed by atoms with Crippen LogP contribution in [0.1, 0.15) is 28.9 Å². The van der Waals surface area contributed by atoms with Gasteiger partial charge in [-0.2, -0.15) is 0 Å². The number of aromatic nitrogens is 1. The molecule has 2 aromatic rings. The van der Waals surface area contributed by atoms with Gasteiger partial charge in [-0.1, -0.05) is 28.1 Å². The van der Waals surface area contributed by atoms with Crippen LogP contribution in [0.4, 0.5) is 0 Å². The van der Waals surface area contributed by atoms with Gasteiger partial charge in [0.1, 0.15) is 5.56 Å². The van der Waals surface area contributed by atoms with Crippen molar-refractivity contribution >= 4 is 21.9 Å². The largest absolute Gasteiger partial charge is 0.477 e. The van der Waals surface area contributed by atoms with Crippen molar-refractivity contribution in [2.24, 2.45) is 0 Å². The lowest BCUT2D eigenvalue weighted by atomic mass is 9.93. The van der Waals surface area contributed by atoms with Crippen molar-refractivity contribution in [2.45, 2.75) is 19.4 Å². The first-order chi connectivity index (χ1) is 9.49. The van der Waals surface area contributed by atoms with E-state index in [0.717, 1.165) is 27.7 Å². The van der Waals surface area contributed by atoms with Crippen LogP contribution >= 0.6 is 15.9 Å². The normalized spacial score (nSPS) is 16.4. The van der Waals surface area contributed by atoms with Crippen LogP contribution in [0.3, 0.4) is 0 Å². The Bertz CT molecular complexity index is 779. The summed E-state index contributed by atoms with van der Waals surface area (Å²) in [4.78, 5) is 23.1. The zero-order valence-electron chi connectivity index (χ0n) is 10.8. The van der Waals surface area contributed by atoms with Crippen molar-refractivity contribution in [1.29, 1.82) is 0 Å². The first-order valence-corrected chi connectivity index (χ1v) is 7.05. The number of pyridine rings is 1. The molecule has 0 bridgehead atoms. The van der Waals surface area contributed by atoms with E-state index in [0.29, 0.717) is 0 Å². The Hall–Kier alpha value is -1.88. The molecule has 0 saturated carbocycles. The number of hydrogen-bond donors (Lipinski definition) is 1. The molecule has 4 nitrogen and oxygen atoms in total. The molecular formula is C15H12BrNO3. The van der Waals surface area contributed by atoms with E-state index in [1.807, 2.05) is 29.7 Å². The van der Waals surface area contributed by atoms with Gasteiger partial charge in [-0.15, -0.1) is 0 Å². The van der Waals surface area contributed by atoms with E-state index in [2.05, 4.69) is 15.9 Å². The summed E-state index contributed by atoms with van der Waals surface area (Å²) in [6, 6.07) is 7.47. The molecule has 0 spiro atoms. The zero-order chi connectivity index (χ0) is 14.4.